The van der Waals surface area contributed by atoms with E-state index in [2.05, 4.69) is 17.2 Å². The van der Waals surface area contributed by atoms with E-state index < -0.39 is 10.0 Å². The van der Waals surface area contributed by atoms with Crippen LogP contribution in [0.25, 0.3) is 0 Å². The van der Waals surface area contributed by atoms with Gasteiger partial charge in [0.25, 0.3) is 0 Å². The molecule has 1 saturated heterocycles. The van der Waals surface area contributed by atoms with Crippen LogP contribution in [-0.2, 0) is 32.6 Å². The van der Waals surface area contributed by atoms with Gasteiger partial charge in [-0.15, -0.1) is 0 Å². The van der Waals surface area contributed by atoms with E-state index in [1.165, 1.54) is 10.4 Å². The van der Waals surface area contributed by atoms with Crippen molar-refractivity contribution in [3.63, 3.8) is 0 Å². The molecule has 0 aromatic heterocycles. The summed E-state index contributed by atoms with van der Waals surface area (Å²) in [5.74, 6) is -0.0777. The molecule has 3 rings (SSSR count). The van der Waals surface area contributed by atoms with Crippen molar-refractivity contribution in [2.24, 2.45) is 5.92 Å². The minimum Gasteiger partial charge on any atom is -0.352 e. The normalized spacial score (nSPS) is 15.1. The van der Waals surface area contributed by atoms with E-state index in [1.807, 2.05) is 30.3 Å². The van der Waals surface area contributed by atoms with Gasteiger partial charge in [-0.25, -0.2) is 8.42 Å². The fourth-order valence-corrected chi connectivity index (χ4v) is 5.11. The first kappa shape index (κ1) is 23.7. The van der Waals surface area contributed by atoms with Gasteiger partial charge in [0.1, 0.15) is 0 Å². The van der Waals surface area contributed by atoms with Crippen LogP contribution in [0.5, 0.6) is 0 Å². The molecule has 0 spiro atoms. The predicted molar refractivity (Wildman–Crippen MR) is 123 cm³/mol. The zero-order valence-electron chi connectivity index (χ0n) is 18.0. The highest BCUT2D eigenvalue weighted by molar-refractivity contribution is 7.89. The Morgan fingerprint density at radius 2 is 1.62 bits per heavy atom. The lowest BCUT2D eigenvalue weighted by Gasteiger charge is -2.31. The summed E-state index contributed by atoms with van der Waals surface area (Å²) < 4.78 is 27.4. The lowest BCUT2D eigenvalue weighted by atomic mass is 9.98. The molecular weight excluding hydrogens is 426 g/mol. The third-order valence-electron chi connectivity index (χ3n) is 5.58. The Kier molecular flexibility index (Phi) is 8.19. The van der Waals surface area contributed by atoms with E-state index in [-0.39, 0.29) is 29.0 Å². The third-order valence-corrected chi connectivity index (χ3v) is 7.50. The summed E-state index contributed by atoms with van der Waals surface area (Å²) in [5.41, 5.74) is 1.78. The number of carbonyl (C=O) groups is 2. The summed E-state index contributed by atoms with van der Waals surface area (Å²) in [6.07, 6.45) is 2.80. The van der Waals surface area contributed by atoms with Gasteiger partial charge in [-0.05, 0) is 48.1 Å². The topological polar surface area (TPSA) is 95.6 Å². The van der Waals surface area contributed by atoms with Crippen LogP contribution >= 0.6 is 0 Å². The fraction of sp³-hybridized carbons (Fsp3) is 0.333. The molecule has 0 unspecified atom stereocenters. The SMILES string of the molecule is C=CC(=O)NCC1CCN(S(=O)(=O)c2ccc(CC(=O)NCc3ccccc3)cc2)CC1. The molecule has 2 aromatic rings. The molecule has 1 aliphatic heterocycles. The molecule has 1 fully saturated rings. The van der Waals surface area contributed by atoms with Crippen molar-refractivity contribution >= 4 is 21.8 Å². The molecule has 32 heavy (non-hydrogen) atoms. The van der Waals surface area contributed by atoms with Gasteiger partial charge in [-0.2, -0.15) is 4.31 Å². The lowest BCUT2D eigenvalue weighted by molar-refractivity contribution is -0.120. The van der Waals surface area contributed by atoms with Gasteiger partial charge < -0.3 is 10.6 Å². The predicted octanol–water partition coefficient (Wildman–Crippen LogP) is 2.25. The van der Waals surface area contributed by atoms with Crippen LogP contribution in [0.3, 0.4) is 0 Å². The van der Waals surface area contributed by atoms with E-state index in [1.54, 1.807) is 24.3 Å². The highest BCUT2D eigenvalue weighted by Gasteiger charge is 2.29. The first-order valence-corrected chi connectivity index (χ1v) is 12.1. The summed E-state index contributed by atoms with van der Waals surface area (Å²) in [4.78, 5) is 23.7. The average Bonchev–Trinajstić information content (AvgIpc) is 2.82. The van der Waals surface area contributed by atoms with Gasteiger partial charge in [-0.3, -0.25) is 9.59 Å². The quantitative estimate of drug-likeness (QED) is 0.567. The second kappa shape index (κ2) is 11.1. The molecular formula is C24H29N3O4S. The lowest BCUT2D eigenvalue weighted by Crippen LogP contribution is -2.41. The summed E-state index contributed by atoms with van der Waals surface area (Å²) in [6.45, 7) is 5.24. The maximum atomic E-state index is 13.0. The van der Waals surface area contributed by atoms with E-state index in [4.69, 9.17) is 0 Å². The van der Waals surface area contributed by atoms with Gasteiger partial charge in [0.15, 0.2) is 0 Å². The maximum Gasteiger partial charge on any atom is 0.243 e. The minimum absolute atomic E-state index is 0.116. The Balaban J connectivity index is 1.50. The monoisotopic (exact) mass is 455 g/mol. The summed E-state index contributed by atoms with van der Waals surface area (Å²) >= 11 is 0. The number of carbonyl (C=O) groups excluding carboxylic acids is 2. The van der Waals surface area contributed by atoms with Crippen LogP contribution in [0.2, 0.25) is 0 Å². The molecule has 1 aliphatic rings. The molecule has 0 atom stereocenters. The van der Waals surface area contributed by atoms with Gasteiger partial charge in [0, 0.05) is 26.2 Å². The number of nitrogens with zero attached hydrogens (tertiary/aromatic N) is 1. The van der Waals surface area contributed by atoms with E-state index >= 15 is 0 Å². The van der Waals surface area contributed by atoms with Crippen LogP contribution in [0, 0.1) is 5.92 Å². The number of hydrogen-bond acceptors (Lipinski definition) is 4. The van der Waals surface area contributed by atoms with Crippen molar-refractivity contribution in [1.29, 1.82) is 0 Å². The van der Waals surface area contributed by atoms with Gasteiger partial charge in [-0.1, -0.05) is 49.0 Å². The highest BCUT2D eigenvalue weighted by Crippen LogP contribution is 2.24. The number of sulfonamides is 1. The molecule has 1 heterocycles. The molecule has 0 aliphatic carbocycles. The number of nitrogens with one attached hydrogen (secondary N) is 2. The summed E-state index contributed by atoms with van der Waals surface area (Å²) in [6, 6.07) is 16.1. The number of rotatable bonds is 9. The van der Waals surface area contributed by atoms with Crippen molar-refractivity contribution in [1.82, 2.24) is 14.9 Å². The van der Waals surface area contributed by atoms with Crippen molar-refractivity contribution in [2.75, 3.05) is 19.6 Å². The zero-order chi connectivity index (χ0) is 23.0. The van der Waals surface area contributed by atoms with Crippen molar-refractivity contribution in [2.45, 2.75) is 30.7 Å². The van der Waals surface area contributed by atoms with Crippen LogP contribution in [-0.4, -0.2) is 44.2 Å². The Morgan fingerprint density at radius 1 is 0.969 bits per heavy atom. The number of hydrogen-bond donors (Lipinski definition) is 2. The van der Waals surface area contributed by atoms with Crippen LogP contribution in [0.4, 0.5) is 0 Å². The molecule has 0 bridgehead atoms. The Bertz CT molecular complexity index is 1030. The molecule has 8 heteroatoms. The van der Waals surface area contributed by atoms with Crippen LogP contribution in [0.1, 0.15) is 24.0 Å². The standard InChI is InChI=1S/C24H29N3O4S/c1-2-23(28)25-18-21-12-14-27(15-13-21)32(30,31)22-10-8-19(9-11-22)16-24(29)26-17-20-6-4-3-5-7-20/h2-11,21H,1,12-18H2,(H,25,28)(H,26,29). The molecule has 2 amide bonds. The molecule has 0 radical (unpaired) electrons. The maximum absolute atomic E-state index is 13.0. The van der Waals surface area contributed by atoms with Crippen molar-refractivity contribution in [3.8, 4) is 0 Å². The van der Waals surface area contributed by atoms with Crippen LogP contribution in [0.15, 0.2) is 72.1 Å². The Hall–Kier alpha value is -2.97. The first-order valence-electron chi connectivity index (χ1n) is 10.7. The van der Waals surface area contributed by atoms with E-state index in [0.29, 0.717) is 39.0 Å². The molecule has 2 N–H and O–H groups in total. The molecule has 2 aromatic carbocycles. The zero-order valence-corrected chi connectivity index (χ0v) is 18.8. The second-order valence-corrected chi connectivity index (χ2v) is 9.82. The fourth-order valence-electron chi connectivity index (χ4n) is 3.64. The average molecular weight is 456 g/mol. The van der Waals surface area contributed by atoms with Crippen molar-refractivity contribution in [3.05, 3.63) is 78.4 Å². The highest BCUT2D eigenvalue weighted by atomic mass is 32.2. The number of amides is 2. The first-order chi connectivity index (χ1) is 15.4. The Labute approximate surface area is 189 Å². The Morgan fingerprint density at radius 3 is 2.25 bits per heavy atom. The van der Waals surface area contributed by atoms with Gasteiger partial charge >= 0.3 is 0 Å². The third kappa shape index (κ3) is 6.51. The molecule has 170 valence electrons. The van der Waals surface area contributed by atoms with Crippen LogP contribution < -0.4 is 10.6 Å². The van der Waals surface area contributed by atoms with Gasteiger partial charge in [0.05, 0.1) is 11.3 Å². The summed E-state index contributed by atoms with van der Waals surface area (Å²) in [7, 11) is -3.58. The summed E-state index contributed by atoms with van der Waals surface area (Å²) in [5, 5.41) is 5.64. The van der Waals surface area contributed by atoms with E-state index in [0.717, 1.165) is 11.1 Å². The smallest absolute Gasteiger partial charge is 0.243 e. The van der Waals surface area contributed by atoms with Gasteiger partial charge in [0.2, 0.25) is 21.8 Å². The van der Waals surface area contributed by atoms with Crippen molar-refractivity contribution < 1.29 is 18.0 Å². The number of piperidine rings is 1. The van der Waals surface area contributed by atoms with E-state index in [9.17, 15) is 18.0 Å². The largest absolute Gasteiger partial charge is 0.352 e. The minimum atomic E-state index is -3.58. The second-order valence-electron chi connectivity index (χ2n) is 7.88. The molecule has 0 saturated carbocycles. The molecule has 7 nitrogen and oxygen atoms in total. The number of benzene rings is 2.